The van der Waals surface area contributed by atoms with Crippen LogP contribution in [0.4, 0.5) is 5.69 Å². The minimum absolute atomic E-state index is 0.00660. The van der Waals surface area contributed by atoms with Gasteiger partial charge in [-0.1, -0.05) is 29.3 Å². The third kappa shape index (κ3) is 7.25. The van der Waals surface area contributed by atoms with Crippen molar-refractivity contribution in [1.29, 1.82) is 0 Å². The molecule has 1 N–H and O–H groups in total. The number of carbonyl (C=O) groups excluding carboxylic acids is 2. The molecule has 2 aromatic carbocycles. The molecule has 8 nitrogen and oxygen atoms in total. The molecule has 0 aromatic heterocycles. The maximum absolute atomic E-state index is 13.4. The van der Waals surface area contributed by atoms with Gasteiger partial charge in [-0.25, -0.2) is 8.42 Å². The minimum Gasteiger partial charge on any atom is -0.497 e. The molecule has 0 saturated heterocycles. The normalized spacial score (nSPS) is 12.1. The van der Waals surface area contributed by atoms with Crippen molar-refractivity contribution in [3.05, 3.63) is 58.1 Å². The smallest absolute Gasteiger partial charge is 0.244 e. The lowest BCUT2D eigenvalue weighted by Crippen LogP contribution is -2.51. The first-order valence-corrected chi connectivity index (χ1v) is 12.7. The molecule has 11 heteroatoms. The second-order valence-corrected chi connectivity index (χ2v) is 10.0. The molecule has 33 heavy (non-hydrogen) atoms. The van der Waals surface area contributed by atoms with E-state index >= 15 is 0 Å². The summed E-state index contributed by atoms with van der Waals surface area (Å²) in [4.78, 5) is 27.2. The topological polar surface area (TPSA) is 96.0 Å². The lowest BCUT2D eigenvalue weighted by molar-refractivity contribution is -0.139. The van der Waals surface area contributed by atoms with Gasteiger partial charge in [-0.3, -0.25) is 13.9 Å². The van der Waals surface area contributed by atoms with Gasteiger partial charge in [0.2, 0.25) is 21.8 Å². The Hall–Kier alpha value is -2.49. The summed E-state index contributed by atoms with van der Waals surface area (Å²) in [5.74, 6) is -0.394. The van der Waals surface area contributed by atoms with Crippen molar-refractivity contribution in [2.45, 2.75) is 26.4 Å². The van der Waals surface area contributed by atoms with Gasteiger partial charge in [0.25, 0.3) is 0 Å². The summed E-state index contributed by atoms with van der Waals surface area (Å²) in [7, 11) is -2.31. The quantitative estimate of drug-likeness (QED) is 0.523. The Morgan fingerprint density at radius 1 is 1.12 bits per heavy atom. The van der Waals surface area contributed by atoms with Crippen LogP contribution in [0.25, 0.3) is 0 Å². The van der Waals surface area contributed by atoms with Gasteiger partial charge in [-0.05, 0) is 55.8 Å². The van der Waals surface area contributed by atoms with E-state index in [-0.39, 0.29) is 12.5 Å². The van der Waals surface area contributed by atoms with Gasteiger partial charge in [0.1, 0.15) is 18.3 Å². The highest BCUT2D eigenvalue weighted by Gasteiger charge is 2.30. The summed E-state index contributed by atoms with van der Waals surface area (Å²) in [6, 6.07) is 10.2. The van der Waals surface area contributed by atoms with Crippen LogP contribution in [0.5, 0.6) is 5.75 Å². The fourth-order valence-corrected chi connectivity index (χ4v) is 4.42. The van der Waals surface area contributed by atoms with E-state index in [2.05, 4.69) is 5.32 Å². The number of hydrogen-bond acceptors (Lipinski definition) is 5. The molecule has 2 rings (SSSR count). The van der Waals surface area contributed by atoms with Crippen molar-refractivity contribution in [3.63, 3.8) is 0 Å². The van der Waals surface area contributed by atoms with Crippen LogP contribution >= 0.6 is 23.2 Å². The van der Waals surface area contributed by atoms with E-state index in [0.29, 0.717) is 33.6 Å². The lowest BCUT2D eigenvalue weighted by atomic mass is 10.1. The van der Waals surface area contributed by atoms with Gasteiger partial charge in [0.05, 0.1) is 19.1 Å². The molecule has 0 spiro atoms. The Morgan fingerprint density at radius 3 is 2.27 bits per heavy atom. The van der Waals surface area contributed by atoms with Crippen LogP contribution in [0, 0.1) is 0 Å². The maximum Gasteiger partial charge on any atom is 0.244 e. The zero-order valence-electron chi connectivity index (χ0n) is 18.8. The number of anilines is 1. The number of amides is 2. The van der Waals surface area contributed by atoms with E-state index in [0.717, 1.165) is 10.6 Å². The molecule has 0 aliphatic heterocycles. The van der Waals surface area contributed by atoms with E-state index < -0.39 is 28.5 Å². The van der Waals surface area contributed by atoms with Gasteiger partial charge < -0.3 is 15.0 Å². The summed E-state index contributed by atoms with van der Waals surface area (Å²) in [6.07, 6.45) is 1.01. The van der Waals surface area contributed by atoms with Gasteiger partial charge in [0, 0.05) is 23.1 Å². The number of rotatable bonds is 10. The molecule has 0 bridgehead atoms. The Balaban J connectivity index is 2.40. The number of ether oxygens (including phenoxy) is 1. The highest BCUT2D eigenvalue weighted by molar-refractivity contribution is 7.92. The van der Waals surface area contributed by atoms with E-state index in [1.807, 2.05) is 0 Å². The predicted molar refractivity (Wildman–Crippen MR) is 130 cm³/mol. The number of nitrogens with zero attached hydrogens (tertiary/aromatic N) is 2. The van der Waals surface area contributed by atoms with Crippen molar-refractivity contribution in [2.24, 2.45) is 0 Å². The third-order valence-corrected chi connectivity index (χ3v) is 6.64. The van der Waals surface area contributed by atoms with Gasteiger partial charge in [-0.15, -0.1) is 0 Å². The molecule has 0 unspecified atom stereocenters. The molecule has 0 fully saturated rings. The van der Waals surface area contributed by atoms with Crippen LogP contribution in [-0.4, -0.2) is 57.6 Å². The van der Waals surface area contributed by atoms with Crippen LogP contribution in [-0.2, 0) is 26.2 Å². The lowest BCUT2D eigenvalue weighted by Gasteiger charge is -2.31. The molecule has 1 atom stereocenters. The van der Waals surface area contributed by atoms with Gasteiger partial charge in [-0.2, -0.15) is 0 Å². The number of benzene rings is 2. The zero-order chi connectivity index (χ0) is 24.8. The zero-order valence-corrected chi connectivity index (χ0v) is 21.2. The summed E-state index contributed by atoms with van der Waals surface area (Å²) < 4.78 is 31.1. The third-order valence-electron chi connectivity index (χ3n) is 4.91. The van der Waals surface area contributed by atoms with Gasteiger partial charge in [0.15, 0.2) is 0 Å². The minimum atomic E-state index is -3.81. The molecule has 2 amide bonds. The molecule has 0 heterocycles. The standard InChI is InChI=1S/C22H27Cl2N3O5S/c1-5-25-22(29)15(2)26(13-16-6-7-17(23)12-20(16)24)21(28)14-27(33(4,30)31)18-8-10-19(32-3)11-9-18/h6-12,15H,5,13-14H2,1-4H3,(H,25,29)/t15-/m0/s1. The Labute approximate surface area is 204 Å². The largest absolute Gasteiger partial charge is 0.497 e. The Kier molecular flexibility index (Phi) is 9.39. The predicted octanol–water partition coefficient (Wildman–Crippen LogP) is 3.32. The number of halogens is 2. The molecule has 0 aliphatic rings. The van der Waals surface area contributed by atoms with Crippen LogP contribution in [0.2, 0.25) is 10.0 Å². The van der Waals surface area contributed by atoms with Crippen LogP contribution in [0.15, 0.2) is 42.5 Å². The van der Waals surface area contributed by atoms with Gasteiger partial charge >= 0.3 is 0 Å². The number of nitrogens with one attached hydrogen (secondary N) is 1. The molecule has 0 saturated carbocycles. The Morgan fingerprint density at radius 2 is 1.76 bits per heavy atom. The Bertz CT molecular complexity index is 1090. The summed E-state index contributed by atoms with van der Waals surface area (Å²) in [6.45, 7) is 3.22. The first kappa shape index (κ1) is 26.8. The number of likely N-dealkylation sites (N-methyl/N-ethyl adjacent to an activating group) is 1. The summed E-state index contributed by atoms with van der Waals surface area (Å²) in [5.41, 5.74) is 0.864. The first-order valence-electron chi connectivity index (χ1n) is 10.1. The molecular formula is C22H27Cl2N3O5S. The second kappa shape index (κ2) is 11.6. The number of methoxy groups -OCH3 is 1. The van der Waals surface area contributed by atoms with Crippen molar-refractivity contribution in [1.82, 2.24) is 10.2 Å². The fourth-order valence-electron chi connectivity index (χ4n) is 3.10. The first-order chi connectivity index (χ1) is 15.5. The van der Waals surface area contributed by atoms with E-state index in [9.17, 15) is 18.0 Å². The summed E-state index contributed by atoms with van der Waals surface area (Å²) >= 11 is 12.3. The number of carbonyl (C=O) groups is 2. The highest BCUT2D eigenvalue weighted by atomic mass is 35.5. The molecule has 2 aromatic rings. The fraction of sp³-hybridized carbons (Fsp3) is 0.364. The molecular weight excluding hydrogens is 489 g/mol. The second-order valence-electron chi connectivity index (χ2n) is 7.30. The van der Waals surface area contributed by atoms with Crippen molar-refractivity contribution in [2.75, 3.05) is 30.8 Å². The summed E-state index contributed by atoms with van der Waals surface area (Å²) in [5, 5.41) is 3.45. The van der Waals surface area contributed by atoms with E-state index in [1.165, 1.54) is 18.1 Å². The highest BCUT2D eigenvalue weighted by Crippen LogP contribution is 2.25. The van der Waals surface area contributed by atoms with Crippen molar-refractivity contribution < 1.29 is 22.7 Å². The molecule has 180 valence electrons. The van der Waals surface area contributed by atoms with Crippen LogP contribution in [0.1, 0.15) is 19.4 Å². The van der Waals surface area contributed by atoms with Crippen molar-refractivity contribution >= 4 is 50.7 Å². The molecule has 0 radical (unpaired) electrons. The number of sulfonamides is 1. The average molecular weight is 516 g/mol. The SMILES string of the molecule is CCNC(=O)[C@H](C)N(Cc1ccc(Cl)cc1Cl)C(=O)CN(c1ccc(OC)cc1)S(C)(=O)=O. The average Bonchev–Trinajstić information content (AvgIpc) is 2.76. The van der Waals surface area contributed by atoms with Crippen molar-refractivity contribution in [3.8, 4) is 5.75 Å². The number of hydrogen-bond donors (Lipinski definition) is 1. The van der Waals surface area contributed by atoms with Crippen LogP contribution < -0.4 is 14.4 Å². The van der Waals surface area contributed by atoms with Crippen LogP contribution in [0.3, 0.4) is 0 Å². The van der Waals surface area contributed by atoms with E-state index in [1.54, 1.807) is 50.2 Å². The monoisotopic (exact) mass is 515 g/mol. The maximum atomic E-state index is 13.4. The molecule has 0 aliphatic carbocycles. The van der Waals surface area contributed by atoms with E-state index in [4.69, 9.17) is 27.9 Å².